The Morgan fingerprint density at radius 1 is 1.31 bits per heavy atom. The molecule has 0 bridgehead atoms. The van der Waals surface area contributed by atoms with Crippen LogP contribution < -0.4 is 0 Å². The lowest BCUT2D eigenvalue weighted by atomic mass is 9.88. The molecule has 0 heterocycles. The number of rotatable bonds is 2. The summed E-state index contributed by atoms with van der Waals surface area (Å²) in [5.74, 6) is 0.661. The summed E-state index contributed by atoms with van der Waals surface area (Å²) in [6, 6.07) is 8.59. The van der Waals surface area contributed by atoms with Crippen LogP contribution in [0.4, 0.5) is 0 Å². The molecule has 1 aromatic carbocycles. The minimum atomic E-state index is 0.661. The van der Waals surface area contributed by atoms with Gasteiger partial charge in [0.05, 0.1) is 0 Å². The number of allylic oxidation sites excluding steroid dienone is 3. The molecule has 0 amide bonds. The van der Waals surface area contributed by atoms with Crippen molar-refractivity contribution >= 4 is 6.08 Å². The lowest BCUT2D eigenvalue weighted by Gasteiger charge is -2.17. The molecule has 0 aliphatic heterocycles. The molecule has 0 heteroatoms. The van der Waals surface area contributed by atoms with Crippen molar-refractivity contribution in [2.24, 2.45) is 5.92 Å². The summed E-state index contributed by atoms with van der Waals surface area (Å²) in [4.78, 5) is 0. The zero-order chi connectivity index (χ0) is 11.4. The first-order chi connectivity index (χ1) is 7.77. The van der Waals surface area contributed by atoms with Gasteiger partial charge in [0.25, 0.3) is 0 Å². The molecule has 0 radical (unpaired) electrons. The average molecular weight is 212 g/mol. The molecule has 1 aliphatic rings. The van der Waals surface area contributed by atoms with E-state index in [1.165, 1.54) is 36.0 Å². The number of aryl methyl sites for hydroxylation is 1. The zero-order valence-corrected chi connectivity index (χ0v) is 10.2. The van der Waals surface area contributed by atoms with Crippen LogP contribution in [0.15, 0.2) is 42.0 Å². The van der Waals surface area contributed by atoms with Gasteiger partial charge in [0, 0.05) is 0 Å². The van der Waals surface area contributed by atoms with Crippen molar-refractivity contribution < 1.29 is 0 Å². The quantitative estimate of drug-likeness (QED) is 0.620. The molecule has 0 saturated heterocycles. The standard InChI is InChI=1S/C16H20/c1-13-8-6-7-11-16(13)12-14(2)15-9-4-3-5-10-15/h4,6-9,11-12,15H,3,5,10H2,1-2H3. The van der Waals surface area contributed by atoms with Crippen LogP contribution in [0.25, 0.3) is 6.08 Å². The van der Waals surface area contributed by atoms with Crippen molar-refractivity contribution in [2.75, 3.05) is 0 Å². The van der Waals surface area contributed by atoms with Crippen LogP contribution in [-0.4, -0.2) is 0 Å². The third kappa shape index (κ3) is 2.63. The molecule has 0 N–H and O–H groups in total. The number of benzene rings is 1. The Bertz CT molecular complexity index is 410. The SMILES string of the molecule is CC(=Cc1ccccc1C)C1C=CCCC1. The summed E-state index contributed by atoms with van der Waals surface area (Å²) in [6.45, 7) is 4.43. The van der Waals surface area contributed by atoms with Gasteiger partial charge in [0.15, 0.2) is 0 Å². The van der Waals surface area contributed by atoms with Gasteiger partial charge in [-0.3, -0.25) is 0 Å². The Balaban J connectivity index is 2.20. The largest absolute Gasteiger partial charge is 0.0879 e. The summed E-state index contributed by atoms with van der Waals surface area (Å²) in [5, 5.41) is 0. The van der Waals surface area contributed by atoms with Crippen molar-refractivity contribution in [2.45, 2.75) is 33.1 Å². The first-order valence-corrected chi connectivity index (χ1v) is 6.18. The van der Waals surface area contributed by atoms with Gasteiger partial charge >= 0.3 is 0 Å². The lowest BCUT2D eigenvalue weighted by Crippen LogP contribution is -2.02. The number of hydrogen-bond donors (Lipinski definition) is 0. The first kappa shape index (κ1) is 11.2. The Morgan fingerprint density at radius 2 is 2.12 bits per heavy atom. The highest BCUT2D eigenvalue weighted by Gasteiger charge is 2.10. The predicted molar refractivity (Wildman–Crippen MR) is 71.3 cm³/mol. The van der Waals surface area contributed by atoms with Crippen LogP contribution in [-0.2, 0) is 0 Å². The molecular formula is C16H20. The third-order valence-corrected chi connectivity index (χ3v) is 3.41. The van der Waals surface area contributed by atoms with E-state index in [1.807, 2.05) is 0 Å². The highest BCUT2D eigenvalue weighted by atomic mass is 14.1. The number of hydrogen-bond acceptors (Lipinski definition) is 0. The summed E-state index contributed by atoms with van der Waals surface area (Å²) < 4.78 is 0. The van der Waals surface area contributed by atoms with Crippen molar-refractivity contribution in [3.05, 3.63) is 53.1 Å². The van der Waals surface area contributed by atoms with E-state index in [0.717, 1.165) is 0 Å². The minimum Gasteiger partial charge on any atom is -0.0879 e. The second kappa shape index (κ2) is 5.16. The monoisotopic (exact) mass is 212 g/mol. The Hall–Kier alpha value is -1.30. The highest BCUT2D eigenvalue weighted by molar-refractivity contribution is 5.56. The van der Waals surface area contributed by atoms with Crippen LogP contribution in [0.5, 0.6) is 0 Å². The van der Waals surface area contributed by atoms with E-state index < -0.39 is 0 Å². The molecule has 0 fully saturated rings. The fourth-order valence-corrected chi connectivity index (χ4v) is 2.29. The molecule has 84 valence electrons. The van der Waals surface area contributed by atoms with Gasteiger partial charge in [-0.25, -0.2) is 0 Å². The fraction of sp³-hybridized carbons (Fsp3) is 0.375. The fourth-order valence-electron chi connectivity index (χ4n) is 2.29. The van der Waals surface area contributed by atoms with E-state index in [4.69, 9.17) is 0 Å². The second-order valence-electron chi connectivity index (χ2n) is 4.71. The molecule has 0 saturated carbocycles. The normalized spacial score (nSPS) is 21.1. The van der Waals surface area contributed by atoms with Crippen molar-refractivity contribution in [3.8, 4) is 0 Å². The van der Waals surface area contributed by atoms with Gasteiger partial charge < -0.3 is 0 Å². The Morgan fingerprint density at radius 3 is 2.81 bits per heavy atom. The molecule has 16 heavy (non-hydrogen) atoms. The maximum Gasteiger partial charge on any atom is -0.00226 e. The minimum absolute atomic E-state index is 0.661. The molecule has 2 rings (SSSR count). The van der Waals surface area contributed by atoms with E-state index in [-0.39, 0.29) is 0 Å². The van der Waals surface area contributed by atoms with Gasteiger partial charge in [-0.1, -0.05) is 48.1 Å². The second-order valence-corrected chi connectivity index (χ2v) is 4.71. The topological polar surface area (TPSA) is 0 Å². The predicted octanol–water partition coefficient (Wildman–Crippen LogP) is 4.75. The maximum atomic E-state index is 2.37. The summed E-state index contributed by atoms with van der Waals surface area (Å²) in [6.07, 6.45) is 10.9. The van der Waals surface area contributed by atoms with Crippen molar-refractivity contribution in [1.29, 1.82) is 0 Å². The Kier molecular flexibility index (Phi) is 3.61. The van der Waals surface area contributed by atoms with Crippen LogP contribution in [0.3, 0.4) is 0 Å². The van der Waals surface area contributed by atoms with E-state index in [2.05, 4.69) is 56.3 Å². The molecule has 1 atom stereocenters. The third-order valence-electron chi connectivity index (χ3n) is 3.41. The zero-order valence-electron chi connectivity index (χ0n) is 10.2. The molecule has 1 aromatic rings. The molecule has 1 aliphatic carbocycles. The summed E-state index contributed by atoms with van der Waals surface area (Å²) in [7, 11) is 0. The lowest BCUT2D eigenvalue weighted by molar-refractivity contribution is 0.608. The van der Waals surface area contributed by atoms with Gasteiger partial charge in [-0.05, 0) is 50.2 Å². The summed E-state index contributed by atoms with van der Waals surface area (Å²) in [5.41, 5.74) is 4.21. The molecule has 0 nitrogen and oxygen atoms in total. The molecule has 1 unspecified atom stereocenters. The van der Waals surface area contributed by atoms with E-state index >= 15 is 0 Å². The van der Waals surface area contributed by atoms with Gasteiger partial charge in [0.1, 0.15) is 0 Å². The highest BCUT2D eigenvalue weighted by Crippen LogP contribution is 2.26. The van der Waals surface area contributed by atoms with Crippen molar-refractivity contribution in [1.82, 2.24) is 0 Å². The maximum absolute atomic E-state index is 2.37. The summed E-state index contributed by atoms with van der Waals surface area (Å²) >= 11 is 0. The first-order valence-electron chi connectivity index (χ1n) is 6.18. The van der Waals surface area contributed by atoms with Crippen molar-refractivity contribution in [3.63, 3.8) is 0 Å². The van der Waals surface area contributed by atoms with Gasteiger partial charge in [-0.2, -0.15) is 0 Å². The van der Waals surface area contributed by atoms with Crippen LogP contribution in [0.1, 0.15) is 37.3 Å². The molecule has 0 aromatic heterocycles. The Labute approximate surface area is 98.7 Å². The average Bonchev–Trinajstić information content (AvgIpc) is 2.33. The smallest absolute Gasteiger partial charge is 0.00226 e. The van der Waals surface area contributed by atoms with Gasteiger partial charge in [0.2, 0.25) is 0 Å². The van der Waals surface area contributed by atoms with Crippen LogP contribution in [0.2, 0.25) is 0 Å². The van der Waals surface area contributed by atoms with E-state index in [0.29, 0.717) is 5.92 Å². The van der Waals surface area contributed by atoms with Gasteiger partial charge in [-0.15, -0.1) is 0 Å². The van der Waals surface area contributed by atoms with Crippen LogP contribution >= 0.6 is 0 Å². The van der Waals surface area contributed by atoms with Crippen LogP contribution in [0, 0.1) is 12.8 Å². The van der Waals surface area contributed by atoms with E-state index in [1.54, 1.807) is 0 Å². The molecule has 0 spiro atoms. The van der Waals surface area contributed by atoms with E-state index in [9.17, 15) is 0 Å². The molecular weight excluding hydrogens is 192 g/mol.